The van der Waals surface area contributed by atoms with Crippen molar-refractivity contribution in [1.29, 1.82) is 0 Å². The number of ether oxygens (including phenoxy) is 3. The lowest BCUT2D eigenvalue weighted by molar-refractivity contribution is -0.0515. The van der Waals surface area contributed by atoms with Gasteiger partial charge in [0.25, 0.3) is 0 Å². The van der Waals surface area contributed by atoms with Gasteiger partial charge in [0.05, 0.1) is 19.3 Å². The van der Waals surface area contributed by atoms with Gasteiger partial charge in [0, 0.05) is 12.5 Å². The van der Waals surface area contributed by atoms with Crippen molar-refractivity contribution in [3.63, 3.8) is 0 Å². The maximum absolute atomic E-state index is 12.7. The van der Waals surface area contributed by atoms with Crippen molar-refractivity contribution in [1.82, 2.24) is 4.90 Å². The van der Waals surface area contributed by atoms with Gasteiger partial charge in [0.15, 0.2) is 11.5 Å². The first-order valence-electron chi connectivity index (χ1n) is 9.98. The minimum atomic E-state index is -2.93. The standard InChI is InChI=1S/C21H29F2NO5/c1-21(2,3)29-20(26)24-10-15(8-16(24)11-25)14-6-7-17(28-19(22)23)18(9-14)27-12-13-4-5-13/h6-7,9,13,15-16,19,25H,4-5,8,10-12H2,1-3H3/t15?,16-/m0/s1. The third-order valence-electron chi connectivity index (χ3n) is 5.08. The summed E-state index contributed by atoms with van der Waals surface area (Å²) in [4.78, 5) is 14.0. The van der Waals surface area contributed by atoms with Gasteiger partial charge in [0.1, 0.15) is 5.60 Å². The van der Waals surface area contributed by atoms with Crippen molar-refractivity contribution in [2.45, 2.75) is 64.2 Å². The largest absolute Gasteiger partial charge is 0.489 e. The Kier molecular flexibility index (Phi) is 6.51. The van der Waals surface area contributed by atoms with E-state index in [0.29, 0.717) is 25.5 Å². The summed E-state index contributed by atoms with van der Waals surface area (Å²) < 4.78 is 41.2. The van der Waals surface area contributed by atoms with Crippen LogP contribution < -0.4 is 9.47 Å². The third-order valence-corrected chi connectivity index (χ3v) is 5.08. The lowest BCUT2D eigenvalue weighted by Crippen LogP contribution is -2.41. The van der Waals surface area contributed by atoms with Crippen LogP contribution in [0.3, 0.4) is 0 Å². The first kappa shape index (κ1) is 21.6. The summed E-state index contributed by atoms with van der Waals surface area (Å²) in [5.74, 6) is 0.686. The summed E-state index contributed by atoms with van der Waals surface area (Å²) in [6, 6.07) is 4.54. The molecule has 1 heterocycles. The quantitative estimate of drug-likeness (QED) is 0.727. The van der Waals surface area contributed by atoms with E-state index >= 15 is 0 Å². The van der Waals surface area contributed by atoms with Crippen LogP contribution in [0.1, 0.15) is 51.5 Å². The highest BCUT2D eigenvalue weighted by Crippen LogP contribution is 2.39. The summed E-state index contributed by atoms with van der Waals surface area (Å²) in [6.07, 6.45) is 2.24. The van der Waals surface area contributed by atoms with Crippen LogP contribution in [0.4, 0.5) is 13.6 Å². The average molecular weight is 413 g/mol. The zero-order chi connectivity index (χ0) is 21.2. The van der Waals surface area contributed by atoms with Crippen LogP contribution in [0.15, 0.2) is 18.2 Å². The number of carbonyl (C=O) groups excluding carboxylic acids is 1. The zero-order valence-corrected chi connectivity index (χ0v) is 17.1. The summed E-state index contributed by atoms with van der Waals surface area (Å²) in [5, 5.41) is 9.72. The minimum absolute atomic E-state index is 0.00473. The van der Waals surface area contributed by atoms with Crippen LogP contribution in [0, 0.1) is 5.92 Å². The number of aliphatic hydroxyl groups is 1. The molecule has 3 rings (SSSR count). The van der Waals surface area contributed by atoms with Crippen LogP contribution in [-0.4, -0.2) is 54.1 Å². The van der Waals surface area contributed by atoms with E-state index in [1.165, 1.54) is 11.0 Å². The molecular weight excluding hydrogens is 384 g/mol. The Bertz CT molecular complexity index is 718. The lowest BCUT2D eigenvalue weighted by atomic mass is 9.96. The fourth-order valence-corrected chi connectivity index (χ4v) is 3.45. The number of alkyl halides is 2. The predicted molar refractivity (Wildman–Crippen MR) is 102 cm³/mol. The molecule has 0 bridgehead atoms. The highest BCUT2D eigenvalue weighted by atomic mass is 19.3. The highest BCUT2D eigenvalue weighted by molar-refractivity contribution is 5.69. The van der Waals surface area contributed by atoms with E-state index in [4.69, 9.17) is 9.47 Å². The third kappa shape index (κ3) is 5.95. The smallest absolute Gasteiger partial charge is 0.410 e. The number of rotatable bonds is 7. The number of halogens is 2. The average Bonchev–Trinajstić information content (AvgIpc) is 3.35. The van der Waals surface area contributed by atoms with Crippen molar-refractivity contribution < 1.29 is 32.9 Å². The van der Waals surface area contributed by atoms with Gasteiger partial charge < -0.3 is 24.2 Å². The summed E-state index contributed by atoms with van der Waals surface area (Å²) >= 11 is 0. The number of amides is 1. The predicted octanol–water partition coefficient (Wildman–Crippen LogP) is 4.16. The molecule has 1 aliphatic heterocycles. The summed E-state index contributed by atoms with van der Waals surface area (Å²) in [6.45, 7) is 3.10. The van der Waals surface area contributed by atoms with Crippen molar-refractivity contribution in [3.8, 4) is 11.5 Å². The number of aliphatic hydroxyl groups excluding tert-OH is 1. The molecule has 1 aromatic carbocycles. The van der Waals surface area contributed by atoms with Crippen LogP contribution >= 0.6 is 0 Å². The Hall–Kier alpha value is -2.09. The fraction of sp³-hybridized carbons (Fsp3) is 0.667. The van der Waals surface area contributed by atoms with Crippen LogP contribution in [0.5, 0.6) is 11.5 Å². The number of hydrogen-bond acceptors (Lipinski definition) is 5. The lowest BCUT2D eigenvalue weighted by Gasteiger charge is -2.27. The molecule has 0 spiro atoms. The molecule has 0 aromatic heterocycles. The molecule has 1 aromatic rings. The Morgan fingerprint density at radius 3 is 2.59 bits per heavy atom. The second kappa shape index (κ2) is 8.73. The highest BCUT2D eigenvalue weighted by Gasteiger charge is 2.38. The molecule has 0 radical (unpaired) electrons. The molecule has 29 heavy (non-hydrogen) atoms. The van der Waals surface area contributed by atoms with Crippen LogP contribution in [-0.2, 0) is 4.74 Å². The monoisotopic (exact) mass is 413 g/mol. The molecule has 2 aliphatic rings. The SMILES string of the molecule is CC(C)(C)OC(=O)N1CC(c2ccc(OC(F)F)c(OCC3CC3)c2)C[C@H]1CO. The van der Waals surface area contributed by atoms with E-state index < -0.39 is 18.3 Å². The topological polar surface area (TPSA) is 68.2 Å². The van der Waals surface area contributed by atoms with Crippen molar-refractivity contribution in [3.05, 3.63) is 23.8 Å². The van der Waals surface area contributed by atoms with Crippen LogP contribution in [0.25, 0.3) is 0 Å². The fourth-order valence-electron chi connectivity index (χ4n) is 3.45. The van der Waals surface area contributed by atoms with E-state index in [1.54, 1.807) is 32.9 Å². The van der Waals surface area contributed by atoms with Gasteiger partial charge in [-0.2, -0.15) is 8.78 Å². The van der Waals surface area contributed by atoms with Gasteiger partial charge >= 0.3 is 12.7 Å². The minimum Gasteiger partial charge on any atom is -0.489 e. The number of hydrogen-bond donors (Lipinski definition) is 1. The molecule has 8 heteroatoms. The van der Waals surface area contributed by atoms with Gasteiger partial charge in [-0.1, -0.05) is 6.07 Å². The van der Waals surface area contributed by atoms with E-state index in [-0.39, 0.29) is 30.1 Å². The normalized spacial score (nSPS) is 22.1. The molecule has 1 saturated heterocycles. The maximum atomic E-state index is 12.7. The first-order chi connectivity index (χ1) is 13.7. The van der Waals surface area contributed by atoms with Gasteiger partial charge in [0.2, 0.25) is 0 Å². The Balaban J connectivity index is 1.76. The van der Waals surface area contributed by atoms with E-state index in [9.17, 15) is 18.7 Å². The molecular formula is C21H29F2NO5. The Morgan fingerprint density at radius 1 is 1.28 bits per heavy atom. The summed E-state index contributed by atoms with van der Waals surface area (Å²) in [7, 11) is 0. The molecule has 162 valence electrons. The number of carbonyl (C=O) groups is 1. The van der Waals surface area contributed by atoms with Gasteiger partial charge in [-0.05, 0) is 63.6 Å². The molecule has 2 fully saturated rings. The molecule has 1 unspecified atom stereocenters. The maximum Gasteiger partial charge on any atom is 0.410 e. The van der Waals surface area contributed by atoms with E-state index in [2.05, 4.69) is 4.74 Å². The molecule has 1 saturated carbocycles. The molecule has 1 N–H and O–H groups in total. The molecule has 1 amide bonds. The van der Waals surface area contributed by atoms with Crippen molar-refractivity contribution >= 4 is 6.09 Å². The number of likely N-dealkylation sites (tertiary alicyclic amines) is 1. The molecule has 2 atom stereocenters. The zero-order valence-electron chi connectivity index (χ0n) is 17.1. The van der Waals surface area contributed by atoms with Crippen molar-refractivity contribution in [2.24, 2.45) is 5.92 Å². The molecule has 6 nitrogen and oxygen atoms in total. The van der Waals surface area contributed by atoms with E-state index in [0.717, 1.165) is 18.4 Å². The second-order valence-corrected chi connectivity index (χ2v) is 8.74. The van der Waals surface area contributed by atoms with Gasteiger partial charge in [-0.3, -0.25) is 0 Å². The Morgan fingerprint density at radius 2 is 2.00 bits per heavy atom. The first-order valence-corrected chi connectivity index (χ1v) is 9.98. The van der Waals surface area contributed by atoms with Gasteiger partial charge in [-0.15, -0.1) is 0 Å². The van der Waals surface area contributed by atoms with Gasteiger partial charge in [-0.25, -0.2) is 4.79 Å². The van der Waals surface area contributed by atoms with Crippen molar-refractivity contribution in [2.75, 3.05) is 19.8 Å². The molecule has 1 aliphatic carbocycles. The number of benzene rings is 1. The van der Waals surface area contributed by atoms with Crippen LogP contribution in [0.2, 0.25) is 0 Å². The van der Waals surface area contributed by atoms with E-state index in [1.807, 2.05) is 0 Å². The Labute approximate surface area is 169 Å². The second-order valence-electron chi connectivity index (χ2n) is 8.74. The number of nitrogens with zero attached hydrogens (tertiary/aromatic N) is 1. The summed E-state index contributed by atoms with van der Waals surface area (Å²) in [5.41, 5.74) is 0.217.